The number of nitrogens with two attached hydrogens (primary N) is 1. The van der Waals surface area contributed by atoms with Gasteiger partial charge in [0.25, 0.3) is 0 Å². The summed E-state index contributed by atoms with van der Waals surface area (Å²) < 4.78 is 17.6. The van der Waals surface area contributed by atoms with E-state index in [1.54, 1.807) is 55.5 Å². The Balaban J connectivity index is 0.00000361. The van der Waals surface area contributed by atoms with Gasteiger partial charge < -0.3 is 19.6 Å². The Hall–Kier alpha value is -3.61. The highest BCUT2D eigenvalue weighted by Crippen LogP contribution is 2.33. The minimum atomic E-state index is -0.551. The summed E-state index contributed by atoms with van der Waals surface area (Å²) in [6.07, 6.45) is 0.410. The van der Waals surface area contributed by atoms with E-state index < -0.39 is 22.9 Å². The van der Waals surface area contributed by atoms with Crippen molar-refractivity contribution in [3.63, 3.8) is 0 Å². The molecule has 36 heavy (non-hydrogen) atoms. The van der Waals surface area contributed by atoms with Gasteiger partial charge in [-0.05, 0) is 62.2 Å². The van der Waals surface area contributed by atoms with Crippen LogP contribution in [0.1, 0.15) is 32.8 Å². The molecule has 0 radical (unpaired) electrons. The van der Waals surface area contributed by atoms with Gasteiger partial charge in [-0.1, -0.05) is 49.4 Å². The van der Waals surface area contributed by atoms with Crippen molar-refractivity contribution in [2.75, 3.05) is 0 Å². The number of benzene rings is 3. The van der Waals surface area contributed by atoms with Crippen LogP contribution in [0.5, 0.6) is 11.5 Å². The predicted octanol–water partition coefficient (Wildman–Crippen LogP) is 6.13. The zero-order valence-electron chi connectivity index (χ0n) is 20.5. The lowest BCUT2D eigenvalue weighted by Gasteiger charge is -2.22. The average molecular weight is 508 g/mol. The van der Waals surface area contributed by atoms with Gasteiger partial charge in [0.15, 0.2) is 5.76 Å². The highest BCUT2D eigenvalue weighted by Gasteiger charge is 2.26. The summed E-state index contributed by atoms with van der Waals surface area (Å²) in [5, 5.41) is 0.341. The van der Waals surface area contributed by atoms with Crippen LogP contribution in [0, 0.1) is 5.92 Å². The molecule has 7 heteroatoms. The van der Waals surface area contributed by atoms with Crippen LogP contribution >= 0.6 is 12.4 Å². The van der Waals surface area contributed by atoms with Crippen LogP contribution in [-0.2, 0) is 11.4 Å². The summed E-state index contributed by atoms with van der Waals surface area (Å²) in [5.41, 5.74) is 7.17. The van der Waals surface area contributed by atoms with Crippen LogP contribution in [0.15, 0.2) is 88.1 Å². The summed E-state index contributed by atoms with van der Waals surface area (Å²) >= 11 is 0. The van der Waals surface area contributed by atoms with E-state index in [4.69, 9.17) is 19.6 Å². The fourth-order valence-electron chi connectivity index (χ4n) is 3.92. The molecular weight excluding hydrogens is 478 g/mol. The molecule has 1 unspecified atom stereocenters. The SMILES string of the molecule is CC(CC(C)(C)N)C(=O)Oc1c(-c2ccc(OCc3ccccc3)cc2)oc2ccccc2c1=O.Cl. The second kappa shape index (κ2) is 11.4. The first-order valence-electron chi connectivity index (χ1n) is 11.5. The van der Waals surface area contributed by atoms with Crippen LogP contribution in [0.3, 0.4) is 0 Å². The van der Waals surface area contributed by atoms with Gasteiger partial charge in [-0.15, -0.1) is 12.4 Å². The van der Waals surface area contributed by atoms with Crippen molar-refractivity contribution in [1.29, 1.82) is 0 Å². The molecule has 0 aliphatic rings. The third-order valence-electron chi connectivity index (χ3n) is 5.56. The smallest absolute Gasteiger partial charge is 0.314 e. The lowest BCUT2D eigenvalue weighted by molar-refractivity contribution is -0.139. The topological polar surface area (TPSA) is 91.8 Å². The Morgan fingerprint density at radius 3 is 2.28 bits per heavy atom. The molecule has 188 valence electrons. The maximum Gasteiger partial charge on any atom is 0.314 e. The molecule has 0 saturated carbocycles. The van der Waals surface area contributed by atoms with Crippen molar-refractivity contribution in [1.82, 2.24) is 0 Å². The number of carbonyl (C=O) groups excluding carboxylic acids is 1. The minimum absolute atomic E-state index is 0. The number of hydrogen-bond acceptors (Lipinski definition) is 6. The van der Waals surface area contributed by atoms with Crippen molar-refractivity contribution < 1.29 is 18.7 Å². The van der Waals surface area contributed by atoms with Crippen molar-refractivity contribution >= 4 is 29.3 Å². The number of esters is 1. The van der Waals surface area contributed by atoms with Crippen molar-refractivity contribution in [2.45, 2.75) is 39.3 Å². The van der Waals surface area contributed by atoms with E-state index in [-0.39, 0.29) is 23.9 Å². The lowest BCUT2D eigenvalue weighted by atomic mass is 9.93. The van der Waals surface area contributed by atoms with E-state index in [0.29, 0.717) is 35.3 Å². The van der Waals surface area contributed by atoms with Gasteiger partial charge in [0, 0.05) is 11.1 Å². The number of carbonyl (C=O) groups is 1. The first-order chi connectivity index (χ1) is 16.7. The molecule has 0 spiro atoms. The van der Waals surface area contributed by atoms with Gasteiger partial charge >= 0.3 is 5.97 Å². The van der Waals surface area contributed by atoms with E-state index in [9.17, 15) is 9.59 Å². The van der Waals surface area contributed by atoms with E-state index >= 15 is 0 Å². The summed E-state index contributed by atoms with van der Waals surface area (Å²) in [7, 11) is 0. The van der Waals surface area contributed by atoms with Crippen LogP contribution in [-0.4, -0.2) is 11.5 Å². The molecule has 1 atom stereocenters. The molecular formula is C29H30ClNO5. The van der Waals surface area contributed by atoms with Crippen LogP contribution in [0.4, 0.5) is 0 Å². The predicted molar refractivity (Wildman–Crippen MR) is 144 cm³/mol. The molecule has 6 nitrogen and oxygen atoms in total. The number of ether oxygens (including phenoxy) is 2. The monoisotopic (exact) mass is 507 g/mol. The molecule has 3 aromatic carbocycles. The third kappa shape index (κ3) is 6.53. The van der Waals surface area contributed by atoms with Crippen molar-refractivity contribution in [3.8, 4) is 22.8 Å². The molecule has 1 heterocycles. The summed E-state index contributed by atoms with van der Waals surface area (Å²) in [6.45, 7) is 5.85. The summed E-state index contributed by atoms with van der Waals surface area (Å²) in [5.74, 6) is -0.306. The van der Waals surface area contributed by atoms with E-state index in [1.807, 2.05) is 44.2 Å². The fraction of sp³-hybridized carbons (Fsp3) is 0.241. The Morgan fingerprint density at radius 2 is 1.61 bits per heavy atom. The van der Waals surface area contributed by atoms with Crippen molar-refractivity contribution in [2.24, 2.45) is 11.7 Å². The van der Waals surface area contributed by atoms with Crippen LogP contribution < -0.4 is 20.6 Å². The standard InChI is InChI=1S/C29H29NO5.ClH/c1-19(17-29(2,3)30)28(32)35-27-25(31)23-11-7-8-12-24(23)34-26(27)21-13-15-22(16-14-21)33-18-20-9-5-4-6-10-20;/h4-16,19H,17-18,30H2,1-3H3;1H. The maximum atomic E-state index is 13.3. The fourth-order valence-corrected chi connectivity index (χ4v) is 3.92. The van der Waals surface area contributed by atoms with Crippen molar-refractivity contribution in [3.05, 3.63) is 94.6 Å². The molecule has 0 bridgehead atoms. The average Bonchev–Trinajstić information content (AvgIpc) is 2.84. The second-order valence-electron chi connectivity index (χ2n) is 9.40. The van der Waals surface area contributed by atoms with Gasteiger partial charge in [0.05, 0.1) is 11.3 Å². The number of fused-ring (bicyclic) bond motifs is 1. The summed E-state index contributed by atoms with van der Waals surface area (Å²) in [6, 6.07) is 23.9. The first-order valence-corrected chi connectivity index (χ1v) is 11.5. The molecule has 0 saturated heterocycles. The molecule has 0 amide bonds. The Morgan fingerprint density at radius 1 is 0.972 bits per heavy atom. The first kappa shape index (κ1) is 27.0. The van der Waals surface area contributed by atoms with E-state index in [0.717, 1.165) is 5.56 Å². The normalized spacial score (nSPS) is 12.0. The maximum absolute atomic E-state index is 13.3. The molecule has 0 fully saturated rings. The second-order valence-corrected chi connectivity index (χ2v) is 9.40. The van der Waals surface area contributed by atoms with Gasteiger partial charge in [-0.3, -0.25) is 9.59 Å². The van der Waals surface area contributed by atoms with Gasteiger partial charge in [0.1, 0.15) is 17.9 Å². The molecule has 0 aliphatic heterocycles. The molecule has 2 N–H and O–H groups in total. The van der Waals surface area contributed by atoms with E-state index in [1.165, 1.54) is 0 Å². The number of rotatable bonds is 8. The lowest BCUT2D eigenvalue weighted by Crippen LogP contribution is -2.37. The Labute approximate surface area is 216 Å². The van der Waals surface area contributed by atoms with Gasteiger partial charge in [0.2, 0.25) is 11.2 Å². The zero-order chi connectivity index (χ0) is 25.0. The van der Waals surface area contributed by atoms with Crippen LogP contribution in [0.25, 0.3) is 22.3 Å². The van der Waals surface area contributed by atoms with Crippen LogP contribution in [0.2, 0.25) is 0 Å². The molecule has 1 aromatic heterocycles. The van der Waals surface area contributed by atoms with E-state index in [2.05, 4.69) is 0 Å². The molecule has 4 rings (SSSR count). The largest absolute Gasteiger partial charge is 0.489 e. The number of hydrogen-bond donors (Lipinski definition) is 1. The quantitative estimate of drug-likeness (QED) is 0.288. The minimum Gasteiger partial charge on any atom is -0.489 e. The van der Waals surface area contributed by atoms with Gasteiger partial charge in [-0.2, -0.15) is 0 Å². The summed E-state index contributed by atoms with van der Waals surface area (Å²) in [4.78, 5) is 26.2. The Bertz CT molecular complexity index is 1380. The van der Waals surface area contributed by atoms with Gasteiger partial charge in [-0.25, -0.2) is 0 Å². The third-order valence-corrected chi connectivity index (χ3v) is 5.56. The molecule has 0 aliphatic carbocycles. The zero-order valence-corrected chi connectivity index (χ0v) is 21.3. The Kier molecular flexibility index (Phi) is 8.56. The highest BCUT2D eigenvalue weighted by molar-refractivity contribution is 5.85. The number of halogens is 1. The highest BCUT2D eigenvalue weighted by atomic mass is 35.5. The number of para-hydroxylation sites is 1. The molecule has 4 aromatic rings.